The standard InChI is InChI=1S/C13H16N2O4/c1-7-4-5-8(2)10(6-7)12(17)19-9(3)11(16)15-13(14)18/h4-6,9H,1-3H3,(H3,14,15,16,18)/t9-/m1/s1. The van der Waals surface area contributed by atoms with Crippen molar-refractivity contribution in [2.75, 3.05) is 0 Å². The molecule has 3 amide bonds. The molecule has 0 fully saturated rings. The zero-order chi connectivity index (χ0) is 14.6. The Labute approximate surface area is 110 Å². The summed E-state index contributed by atoms with van der Waals surface area (Å²) in [5, 5.41) is 1.85. The number of aryl methyl sites for hydroxylation is 2. The van der Waals surface area contributed by atoms with Gasteiger partial charge in [0, 0.05) is 0 Å². The van der Waals surface area contributed by atoms with Gasteiger partial charge in [0.05, 0.1) is 5.56 Å². The number of rotatable bonds is 3. The van der Waals surface area contributed by atoms with Crippen LogP contribution in [0.25, 0.3) is 0 Å². The summed E-state index contributed by atoms with van der Waals surface area (Å²) < 4.78 is 4.98. The lowest BCUT2D eigenvalue weighted by atomic mass is 10.1. The molecule has 1 aromatic carbocycles. The third-order valence-electron chi connectivity index (χ3n) is 2.51. The van der Waals surface area contributed by atoms with Crippen molar-refractivity contribution in [1.82, 2.24) is 5.32 Å². The van der Waals surface area contributed by atoms with E-state index < -0.39 is 24.0 Å². The van der Waals surface area contributed by atoms with Crippen LogP contribution in [0.3, 0.4) is 0 Å². The summed E-state index contributed by atoms with van der Waals surface area (Å²) in [6.07, 6.45) is -1.10. The van der Waals surface area contributed by atoms with E-state index >= 15 is 0 Å². The maximum atomic E-state index is 11.9. The molecule has 0 aliphatic carbocycles. The number of imide groups is 1. The molecule has 1 rings (SSSR count). The van der Waals surface area contributed by atoms with Gasteiger partial charge in [-0.1, -0.05) is 17.7 Å². The van der Waals surface area contributed by atoms with Crippen LogP contribution in [0.2, 0.25) is 0 Å². The van der Waals surface area contributed by atoms with E-state index in [0.29, 0.717) is 5.56 Å². The molecule has 0 saturated heterocycles. The third kappa shape index (κ3) is 4.09. The van der Waals surface area contributed by atoms with Gasteiger partial charge in [-0.3, -0.25) is 10.1 Å². The lowest BCUT2D eigenvalue weighted by Gasteiger charge is -2.13. The number of esters is 1. The van der Waals surface area contributed by atoms with Crippen LogP contribution in [0.5, 0.6) is 0 Å². The number of nitrogens with two attached hydrogens (primary N) is 1. The van der Waals surface area contributed by atoms with Crippen molar-refractivity contribution in [3.05, 3.63) is 34.9 Å². The zero-order valence-electron chi connectivity index (χ0n) is 11.0. The minimum Gasteiger partial charge on any atom is -0.449 e. The number of ether oxygens (including phenoxy) is 1. The Hall–Kier alpha value is -2.37. The smallest absolute Gasteiger partial charge is 0.339 e. The molecule has 6 nitrogen and oxygen atoms in total. The first-order chi connectivity index (χ1) is 8.81. The second-order valence-electron chi connectivity index (χ2n) is 4.22. The largest absolute Gasteiger partial charge is 0.449 e. The molecule has 0 radical (unpaired) electrons. The van der Waals surface area contributed by atoms with Gasteiger partial charge in [0.1, 0.15) is 0 Å². The Balaban J connectivity index is 2.77. The first-order valence-electron chi connectivity index (χ1n) is 5.69. The number of urea groups is 1. The van der Waals surface area contributed by atoms with Crippen LogP contribution in [-0.4, -0.2) is 24.0 Å². The minimum atomic E-state index is -1.10. The van der Waals surface area contributed by atoms with E-state index in [0.717, 1.165) is 11.1 Å². The predicted octanol–water partition coefficient (Wildman–Crippen LogP) is 1.04. The van der Waals surface area contributed by atoms with Gasteiger partial charge < -0.3 is 10.5 Å². The van der Waals surface area contributed by atoms with E-state index in [1.165, 1.54) is 6.92 Å². The van der Waals surface area contributed by atoms with Gasteiger partial charge >= 0.3 is 12.0 Å². The van der Waals surface area contributed by atoms with Crippen molar-refractivity contribution in [2.24, 2.45) is 5.73 Å². The number of hydrogen-bond acceptors (Lipinski definition) is 4. The molecule has 0 aliphatic rings. The average molecular weight is 264 g/mol. The van der Waals surface area contributed by atoms with Crippen LogP contribution < -0.4 is 11.1 Å². The van der Waals surface area contributed by atoms with Crippen LogP contribution >= 0.6 is 0 Å². The van der Waals surface area contributed by atoms with Crippen LogP contribution in [0.15, 0.2) is 18.2 Å². The molecule has 0 aromatic heterocycles. The summed E-state index contributed by atoms with van der Waals surface area (Å²) in [6, 6.07) is 4.35. The lowest BCUT2D eigenvalue weighted by molar-refractivity contribution is -0.127. The summed E-state index contributed by atoms with van der Waals surface area (Å²) in [7, 11) is 0. The average Bonchev–Trinajstić information content (AvgIpc) is 2.31. The van der Waals surface area contributed by atoms with Gasteiger partial charge in [0.2, 0.25) is 0 Å². The summed E-state index contributed by atoms with van der Waals surface area (Å²) in [5.74, 6) is -1.38. The molecule has 0 aliphatic heterocycles. The highest BCUT2D eigenvalue weighted by Crippen LogP contribution is 2.13. The Kier molecular flexibility index (Phi) is 4.63. The maximum Gasteiger partial charge on any atom is 0.339 e. The predicted molar refractivity (Wildman–Crippen MR) is 68.5 cm³/mol. The Morgan fingerprint density at radius 3 is 2.47 bits per heavy atom. The van der Waals surface area contributed by atoms with Crippen molar-refractivity contribution >= 4 is 17.9 Å². The Morgan fingerprint density at radius 2 is 1.89 bits per heavy atom. The molecule has 3 N–H and O–H groups in total. The number of hydrogen-bond donors (Lipinski definition) is 2. The number of benzene rings is 1. The molecular formula is C13H16N2O4. The van der Waals surface area contributed by atoms with Crippen LogP contribution in [0, 0.1) is 13.8 Å². The molecule has 1 atom stereocenters. The highest BCUT2D eigenvalue weighted by molar-refractivity contribution is 5.98. The summed E-state index contributed by atoms with van der Waals surface area (Å²) in [6.45, 7) is 4.98. The lowest BCUT2D eigenvalue weighted by Crippen LogP contribution is -2.42. The highest BCUT2D eigenvalue weighted by atomic mass is 16.5. The van der Waals surface area contributed by atoms with E-state index in [1.54, 1.807) is 19.1 Å². The van der Waals surface area contributed by atoms with Crippen LogP contribution in [-0.2, 0) is 9.53 Å². The van der Waals surface area contributed by atoms with Crippen molar-refractivity contribution < 1.29 is 19.1 Å². The van der Waals surface area contributed by atoms with Gasteiger partial charge in [0.25, 0.3) is 5.91 Å². The van der Waals surface area contributed by atoms with Crippen molar-refractivity contribution in [2.45, 2.75) is 26.9 Å². The topological polar surface area (TPSA) is 98.5 Å². The van der Waals surface area contributed by atoms with Crippen molar-refractivity contribution in [3.63, 3.8) is 0 Å². The van der Waals surface area contributed by atoms with E-state index in [4.69, 9.17) is 10.5 Å². The monoisotopic (exact) mass is 264 g/mol. The number of carbonyl (C=O) groups excluding carboxylic acids is 3. The van der Waals surface area contributed by atoms with Crippen molar-refractivity contribution in [1.29, 1.82) is 0 Å². The van der Waals surface area contributed by atoms with E-state index in [-0.39, 0.29) is 0 Å². The molecule has 19 heavy (non-hydrogen) atoms. The fourth-order valence-corrected chi connectivity index (χ4v) is 1.46. The Bertz CT molecular complexity index is 525. The highest BCUT2D eigenvalue weighted by Gasteiger charge is 2.20. The van der Waals surface area contributed by atoms with Gasteiger partial charge in [-0.2, -0.15) is 0 Å². The molecule has 6 heteroatoms. The van der Waals surface area contributed by atoms with Gasteiger partial charge in [-0.25, -0.2) is 9.59 Å². The summed E-state index contributed by atoms with van der Waals surface area (Å²) in [4.78, 5) is 33.8. The number of carbonyl (C=O) groups is 3. The number of nitrogens with one attached hydrogen (secondary N) is 1. The molecule has 0 spiro atoms. The first kappa shape index (κ1) is 14.7. The van der Waals surface area contributed by atoms with E-state index in [1.807, 2.05) is 18.3 Å². The number of primary amides is 1. The van der Waals surface area contributed by atoms with Crippen LogP contribution in [0.1, 0.15) is 28.4 Å². The summed E-state index contributed by atoms with van der Waals surface area (Å²) >= 11 is 0. The second kappa shape index (κ2) is 5.99. The quantitative estimate of drug-likeness (QED) is 0.797. The third-order valence-corrected chi connectivity index (χ3v) is 2.51. The normalized spacial score (nSPS) is 11.5. The first-order valence-corrected chi connectivity index (χ1v) is 5.69. The molecular weight excluding hydrogens is 248 g/mol. The minimum absolute atomic E-state index is 0.388. The molecule has 0 saturated carbocycles. The second-order valence-corrected chi connectivity index (χ2v) is 4.22. The van der Waals surface area contributed by atoms with Crippen LogP contribution in [0.4, 0.5) is 4.79 Å². The van der Waals surface area contributed by atoms with Gasteiger partial charge in [-0.15, -0.1) is 0 Å². The SMILES string of the molecule is Cc1ccc(C)c(C(=O)O[C@H](C)C(=O)NC(N)=O)c1. The Morgan fingerprint density at radius 1 is 1.26 bits per heavy atom. The fraction of sp³-hybridized carbons (Fsp3) is 0.308. The van der Waals surface area contributed by atoms with E-state index in [2.05, 4.69) is 0 Å². The maximum absolute atomic E-state index is 11.9. The zero-order valence-corrected chi connectivity index (χ0v) is 11.0. The van der Waals surface area contributed by atoms with E-state index in [9.17, 15) is 14.4 Å². The summed E-state index contributed by atoms with van der Waals surface area (Å²) in [5.41, 5.74) is 6.85. The van der Waals surface area contributed by atoms with Gasteiger partial charge in [-0.05, 0) is 32.4 Å². The molecule has 0 heterocycles. The molecule has 102 valence electrons. The fourth-order valence-electron chi connectivity index (χ4n) is 1.46. The molecule has 1 aromatic rings. The number of amides is 3. The van der Waals surface area contributed by atoms with Crippen molar-refractivity contribution in [3.8, 4) is 0 Å². The van der Waals surface area contributed by atoms with Gasteiger partial charge in [0.15, 0.2) is 6.10 Å². The molecule has 0 bridgehead atoms. The molecule has 0 unspecified atom stereocenters.